The van der Waals surface area contributed by atoms with Crippen LogP contribution in [-0.4, -0.2) is 33.0 Å². The second-order valence-electron chi connectivity index (χ2n) is 7.55. The van der Waals surface area contributed by atoms with Gasteiger partial charge in [0.05, 0.1) is 4.92 Å². The van der Waals surface area contributed by atoms with Gasteiger partial charge in [0.2, 0.25) is 11.8 Å². The van der Waals surface area contributed by atoms with E-state index in [1.54, 1.807) is 31.3 Å². The summed E-state index contributed by atoms with van der Waals surface area (Å²) in [5.74, 6) is 0.514. The number of nitrogens with zero attached hydrogens (tertiary/aromatic N) is 4. The van der Waals surface area contributed by atoms with Crippen molar-refractivity contribution in [3.63, 3.8) is 0 Å². The summed E-state index contributed by atoms with van der Waals surface area (Å²) in [7, 11) is 1.61. The quantitative estimate of drug-likeness (QED) is 0.275. The standard InChI is InChI=1S/C24H19ClN4O4/c1-15-4-3-5-18(12-15)23-27-26-22(33-23)16-6-8-17(9-7-16)24(30)28(2)14-19-13-20(29(31)32)10-11-21(19)25/h3-13H,14H2,1-2H3. The molecule has 0 aliphatic carbocycles. The van der Waals surface area contributed by atoms with Crippen LogP contribution in [-0.2, 0) is 6.54 Å². The number of carbonyl (C=O) groups is 1. The molecule has 0 atom stereocenters. The maximum Gasteiger partial charge on any atom is 0.269 e. The molecule has 1 heterocycles. The fraction of sp³-hybridized carbons (Fsp3) is 0.125. The summed E-state index contributed by atoms with van der Waals surface area (Å²) in [5.41, 5.74) is 3.47. The number of nitro groups is 1. The Balaban J connectivity index is 1.49. The van der Waals surface area contributed by atoms with Gasteiger partial charge in [0.25, 0.3) is 11.6 Å². The van der Waals surface area contributed by atoms with Crippen LogP contribution in [0.2, 0.25) is 5.02 Å². The highest BCUT2D eigenvalue weighted by Gasteiger charge is 2.17. The predicted molar refractivity (Wildman–Crippen MR) is 124 cm³/mol. The molecule has 0 aliphatic heterocycles. The van der Waals surface area contributed by atoms with Gasteiger partial charge in [-0.15, -0.1) is 10.2 Å². The monoisotopic (exact) mass is 462 g/mol. The van der Waals surface area contributed by atoms with Crippen molar-refractivity contribution in [3.05, 3.63) is 98.6 Å². The van der Waals surface area contributed by atoms with Crippen molar-refractivity contribution in [1.82, 2.24) is 15.1 Å². The molecule has 4 rings (SSSR count). The Morgan fingerprint density at radius 3 is 2.39 bits per heavy atom. The first-order valence-electron chi connectivity index (χ1n) is 10.0. The van der Waals surface area contributed by atoms with Gasteiger partial charge in [0, 0.05) is 47.4 Å². The van der Waals surface area contributed by atoms with Gasteiger partial charge < -0.3 is 9.32 Å². The van der Waals surface area contributed by atoms with Crippen LogP contribution in [0.5, 0.6) is 0 Å². The van der Waals surface area contributed by atoms with Crippen molar-refractivity contribution in [2.24, 2.45) is 0 Å². The number of amides is 1. The highest BCUT2D eigenvalue weighted by molar-refractivity contribution is 6.31. The minimum atomic E-state index is -0.498. The molecule has 0 unspecified atom stereocenters. The van der Waals surface area contributed by atoms with Crippen molar-refractivity contribution < 1.29 is 14.1 Å². The lowest BCUT2D eigenvalue weighted by Crippen LogP contribution is -2.26. The molecule has 0 saturated heterocycles. The lowest BCUT2D eigenvalue weighted by molar-refractivity contribution is -0.384. The first-order chi connectivity index (χ1) is 15.8. The molecular weight excluding hydrogens is 444 g/mol. The van der Waals surface area contributed by atoms with Crippen LogP contribution in [0.25, 0.3) is 22.9 Å². The summed E-state index contributed by atoms with van der Waals surface area (Å²) in [6.45, 7) is 2.12. The van der Waals surface area contributed by atoms with Crippen LogP contribution in [0.15, 0.2) is 71.1 Å². The van der Waals surface area contributed by atoms with Crippen LogP contribution in [0, 0.1) is 17.0 Å². The lowest BCUT2D eigenvalue weighted by atomic mass is 10.1. The smallest absolute Gasteiger partial charge is 0.269 e. The van der Waals surface area contributed by atoms with Crippen molar-refractivity contribution in [2.75, 3.05) is 7.05 Å². The molecule has 0 saturated carbocycles. The van der Waals surface area contributed by atoms with Gasteiger partial charge in [0.1, 0.15) is 0 Å². The van der Waals surface area contributed by atoms with E-state index in [9.17, 15) is 14.9 Å². The number of nitro benzene ring substituents is 1. The summed E-state index contributed by atoms with van der Waals surface area (Å²) in [6, 6.07) is 18.7. The van der Waals surface area contributed by atoms with E-state index in [4.69, 9.17) is 16.0 Å². The van der Waals surface area contributed by atoms with Gasteiger partial charge in [-0.05, 0) is 55.0 Å². The fourth-order valence-corrected chi connectivity index (χ4v) is 3.51. The number of hydrogen-bond donors (Lipinski definition) is 0. The van der Waals surface area contributed by atoms with Gasteiger partial charge in [-0.3, -0.25) is 14.9 Å². The summed E-state index contributed by atoms with van der Waals surface area (Å²) >= 11 is 6.16. The zero-order valence-corrected chi connectivity index (χ0v) is 18.6. The van der Waals surface area contributed by atoms with Crippen LogP contribution in [0.1, 0.15) is 21.5 Å². The molecule has 0 fully saturated rings. The van der Waals surface area contributed by atoms with Gasteiger partial charge in [-0.1, -0.05) is 29.3 Å². The van der Waals surface area contributed by atoms with E-state index in [0.29, 0.717) is 33.5 Å². The van der Waals surface area contributed by atoms with E-state index in [2.05, 4.69) is 10.2 Å². The molecular formula is C24H19ClN4O4. The molecule has 166 valence electrons. The molecule has 0 bridgehead atoms. The van der Waals surface area contributed by atoms with Crippen LogP contribution < -0.4 is 0 Å². The molecule has 8 nitrogen and oxygen atoms in total. The number of rotatable bonds is 6. The predicted octanol–water partition coefficient (Wildman–Crippen LogP) is 5.55. The maximum atomic E-state index is 12.8. The summed E-state index contributed by atoms with van der Waals surface area (Å²) < 4.78 is 5.79. The highest BCUT2D eigenvalue weighted by atomic mass is 35.5. The normalized spacial score (nSPS) is 10.8. The molecule has 33 heavy (non-hydrogen) atoms. The topological polar surface area (TPSA) is 102 Å². The number of carbonyl (C=O) groups excluding carboxylic acids is 1. The molecule has 3 aromatic carbocycles. The Hall–Kier alpha value is -4.04. The van der Waals surface area contributed by atoms with Crippen LogP contribution in [0.3, 0.4) is 0 Å². The number of hydrogen-bond acceptors (Lipinski definition) is 6. The van der Waals surface area contributed by atoms with Crippen molar-refractivity contribution in [3.8, 4) is 22.9 Å². The van der Waals surface area contributed by atoms with E-state index in [1.165, 1.54) is 23.1 Å². The molecule has 0 spiro atoms. The molecule has 0 radical (unpaired) electrons. The van der Waals surface area contributed by atoms with Gasteiger partial charge in [-0.2, -0.15) is 0 Å². The Morgan fingerprint density at radius 1 is 1.03 bits per heavy atom. The largest absolute Gasteiger partial charge is 0.416 e. The van der Waals surface area contributed by atoms with E-state index in [-0.39, 0.29) is 18.1 Å². The Morgan fingerprint density at radius 2 is 1.73 bits per heavy atom. The highest BCUT2D eigenvalue weighted by Crippen LogP contribution is 2.26. The first kappa shape index (κ1) is 22.2. The van der Waals surface area contributed by atoms with Gasteiger partial charge in [0.15, 0.2) is 0 Å². The third kappa shape index (κ3) is 4.91. The average Bonchev–Trinajstić information content (AvgIpc) is 3.30. The number of aromatic nitrogens is 2. The maximum absolute atomic E-state index is 12.8. The first-order valence-corrected chi connectivity index (χ1v) is 10.4. The van der Waals surface area contributed by atoms with E-state index in [0.717, 1.165) is 11.1 Å². The third-order valence-corrected chi connectivity index (χ3v) is 5.43. The average molecular weight is 463 g/mol. The van der Waals surface area contributed by atoms with Crippen molar-refractivity contribution in [2.45, 2.75) is 13.5 Å². The summed E-state index contributed by atoms with van der Waals surface area (Å²) in [6.07, 6.45) is 0. The van der Waals surface area contributed by atoms with E-state index >= 15 is 0 Å². The SMILES string of the molecule is Cc1cccc(-c2nnc(-c3ccc(C(=O)N(C)Cc4cc([N+](=O)[O-])ccc4Cl)cc3)o2)c1. The minimum absolute atomic E-state index is 0.0795. The summed E-state index contributed by atoms with van der Waals surface area (Å²) in [4.78, 5) is 24.8. The van der Waals surface area contributed by atoms with Crippen molar-refractivity contribution >= 4 is 23.2 Å². The number of halogens is 1. The number of aryl methyl sites for hydroxylation is 1. The Kier molecular flexibility index (Phi) is 6.19. The van der Waals surface area contributed by atoms with E-state index in [1.807, 2.05) is 31.2 Å². The second-order valence-corrected chi connectivity index (χ2v) is 7.96. The molecule has 4 aromatic rings. The fourth-order valence-electron chi connectivity index (χ4n) is 3.33. The number of benzene rings is 3. The Bertz CT molecular complexity index is 1330. The zero-order chi connectivity index (χ0) is 23.5. The molecule has 0 N–H and O–H groups in total. The second kappa shape index (κ2) is 9.22. The van der Waals surface area contributed by atoms with Crippen LogP contribution in [0.4, 0.5) is 5.69 Å². The van der Waals surface area contributed by atoms with Crippen molar-refractivity contribution in [1.29, 1.82) is 0 Å². The summed E-state index contributed by atoms with van der Waals surface area (Å²) in [5, 5.41) is 19.6. The number of non-ortho nitro benzene ring substituents is 1. The van der Waals surface area contributed by atoms with E-state index < -0.39 is 4.92 Å². The molecule has 1 aromatic heterocycles. The molecule has 0 aliphatic rings. The Labute approximate surface area is 194 Å². The van der Waals surface area contributed by atoms with Gasteiger partial charge >= 0.3 is 0 Å². The molecule has 1 amide bonds. The zero-order valence-electron chi connectivity index (χ0n) is 17.9. The minimum Gasteiger partial charge on any atom is -0.416 e. The van der Waals surface area contributed by atoms with Gasteiger partial charge in [-0.25, -0.2) is 0 Å². The van der Waals surface area contributed by atoms with Crippen LogP contribution >= 0.6 is 11.6 Å². The molecule has 9 heteroatoms. The lowest BCUT2D eigenvalue weighted by Gasteiger charge is -2.18. The third-order valence-electron chi connectivity index (χ3n) is 5.06.